The number of para-hydroxylation sites is 1. The fourth-order valence-electron chi connectivity index (χ4n) is 5.82. The number of pyridine rings is 1. The Kier molecular flexibility index (Phi) is 7.71. The molecule has 1 N–H and O–H groups in total. The van der Waals surface area contributed by atoms with Crippen molar-refractivity contribution in [1.29, 1.82) is 0 Å². The van der Waals surface area contributed by atoms with Crippen LogP contribution in [0.2, 0.25) is 0 Å². The molecule has 9 heteroatoms. The van der Waals surface area contributed by atoms with Crippen LogP contribution in [-0.4, -0.2) is 63.7 Å². The second-order valence-electron chi connectivity index (χ2n) is 10.6. The van der Waals surface area contributed by atoms with Gasteiger partial charge >= 0.3 is 5.97 Å². The van der Waals surface area contributed by atoms with E-state index >= 15 is 0 Å². The molecule has 0 spiro atoms. The van der Waals surface area contributed by atoms with Gasteiger partial charge in [0.1, 0.15) is 17.9 Å². The first-order chi connectivity index (χ1) is 20.0. The average Bonchev–Trinajstić information content (AvgIpc) is 3.45. The Hall–Kier alpha value is -4.21. The number of benzene rings is 2. The van der Waals surface area contributed by atoms with E-state index in [1.165, 1.54) is 29.1 Å². The average molecular weight is 555 g/mol. The van der Waals surface area contributed by atoms with Crippen LogP contribution in [0.1, 0.15) is 45.5 Å². The Bertz CT molecular complexity index is 1560. The van der Waals surface area contributed by atoms with Crippen LogP contribution in [-0.2, 0) is 24.3 Å². The zero-order chi connectivity index (χ0) is 28.3. The highest BCUT2D eigenvalue weighted by molar-refractivity contribution is 5.90. The van der Waals surface area contributed by atoms with E-state index in [1.807, 2.05) is 37.3 Å². The van der Waals surface area contributed by atoms with E-state index in [0.717, 1.165) is 68.0 Å². The van der Waals surface area contributed by atoms with Crippen molar-refractivity contribution < 1.29 is 24.1 Å². The third-order valence-corrected chi connectivity index (χ3v) is 7.99. The molecule has 0 bridgehead atoms. The van der Waals surface area contributed by atoms with Crippen LogP contribution in [0.15, 0.2) is 60.8 Å². The molecule has 41 heavy (non-hydrogen) atoms. The number of aromatic nitrogens is 3. The third kappa shape index (κ3) is 5.55. The quantitative estimate of drug-likeness (QED) is 0.323. The number of hydrogen-bond donors (Lipinski definition) is 1. The molecule has 2 aromatic heterocycles. The molecule has 0 unspecified atom stereocenters. The minimum atomic E-state index is -1.11. The minimum absolute atomic E-state index is 0.0272. The van der Waals surface area contributed by atoms with Crippen molar-refractivity contribution in [3.8, 4) is 28.7 Å². The maximum atomic E-state index is 11.6. The smallest absolute Gasteiger partial charge is 0.342 e. The summed E-state index contributed by atoms with van der Waals surface area (Å²) in [6, 6.07) is 18.9. The summed E-state index contributed by atoms with van der Waals surface area (Å²) in [6.07, 6.45) is 4.55. The van der Waals surface area contributed by atoms with Gasteiger partial charge in [0.05, 0.1) is 19.0 Å². The summed E-state index contributed by atoms with van der Waals surface area (Å²) in [5.41, 5.74) is 6.47. The first kappa shape index (κ1) is 27.0. The zero-order valence-electron chi connectivity index (χ0n) is 23.4. The number of ether oxygens (including phenoxy) is 3. The number of carboxylic acids is 1. The predicted octanol–water partition coefficient (Wildman–Crippen LogP) is 5.07. The van der Waals surface area contributed by atoms with Crippen molar-refractivity contribution in [2.75, 3.05) is 26.9 Å². The number of fused-ring (bicyclic) bond motifs is 1. The summed E-state index contributed by atoms with van der Waals surface area (Å²) in [4.78, 5) is 19.0. The number of methoxy groups -OCH3 is 1. The maximum absolute atomic E-state index is 11.6. The summed E-state index contributed by atoms with van der Waals surface area (Å²) in [5, 5.41) is 13.7. The molecule has 4 aromatic rings. The second kappa shape index (κ2) is 11.7. The molecule has 0 aliphatic carbocycles. The van der Waals surface area contributed by atoms with Gasteiger partial charge in [-0.05, 0) is 66.6 Å². The monoisotopic (exact) mass is 554 g/mol. The Morgan fingerprint density at radius 3 is 2.73 bits per heavy atom. The number of nitrogens with zero attached hydrogens (tertiary/aromatic N) is 4. The van der Waals surface area contributed by atoms with E-state index in [0.29, 0.717) is 24.2 Å². The normalized spacial score (nSPS) is 15.9. The molecule has 0 radical (unpaired) electrons. The first-order valence-corrected chi connectivity index (χ1v) is 14.0. The SMILES string of the molecule is COc1c(C(=O)O)cnn1-c1cccc(-c2cccc(C)c2OCc2ccc3c(c2)CCN(C2CCOCC2)C3)n1. The molecule has 4 heterocycles. The van der Waals surface area contributed by atoms with Crippen LogP contribution < -0.4 is 9.47 Å². The molecule has 0 saturated carbocycles. The Morgan fingerprint density at radius 1 is 1.10 bits per heavy atom. The van der Waals surface area contributed by atoms with Gasteiger partial charge in [0, 0.05) is 37.9 Å². The van der Waals surface area contributed by atoms with Crippen molar-refractivity contribution in [3.63, 3.8) is 0 Å². The largest absolute Gasteiger partial charge is 0.488 e. The lowest BCUT2D eigenvalue weighted by Gasteiger charge is -2.37. The third-order valence-electron chi connectivity index (χ3n) is 7.99. The highest BCUT2D eigenvalue weighted by Gasteiger charge is 2.25. The molecule has 9 nitrogen and oxygen atoms in total. The Morgan fingerprint density at radius 2 is 1.93 bits per heavy atom. The maximum Gasteiger partial charge on any atom is 0.342 e. The van der Waals surface area contributed by atoms with Gasteiger partial charge < -0.3 is 19.3 Å². The summed E-state index contributed by atoms with van der Waals surface area (Å²) in [7, 11) is 1.42. The molecule has 6 rings (SSSR count). The lowest BCUT2D eigenvalue weighted by Crippen LogP contribution is -2.42. The molecule has 2 aliphatic rings. The summed E-state index contributed by atoms with van der Waals surface area (Å²) >= 11 is 0. The number of hydrogen-bond acceptors (Lipinski definition) is 7. The van der Waals surface area contributed by atoms with E-state index in [1.54, 1.807) is 6.07 Å². The molecule has 0 amide bonds. The molecule has 1 saturated heterocycles. The van der Waals surface area contributed by atoms with Crippen LogP contribution in [0.25, 0.3) is 17.1 Å². The van der Waals surface area contributed by atoms with Crippen molar-refractivity contribution in [2.45, 2.75) is 45.4 Å². The lowest BCUT2D eigenvalue weighted by molar-refractivity contribution is 0.0290. The summed E-state index contributed by atoms with van der Waals surface area (Å²) in [6.45, 7) is 6.29. The number of aryl methyl sites for hydroxylation is 1. The van der Waals surface area contributed by atoms with Crippen LogP contribution in [0.3, 0.4) is 0 Å². The number of aromatic carboxylic acids is 1. The van der Waals surface area contributed by atoms with Gasteiger partial charge in [0.25, 0.3) is 0 Å². The number of carbonyl (C=O) groups is 1. The Labute approximate surface area is 239 Å². The number of rotatable bonds is 8. The van der Waals surface area contributed by atoms with Gasteiger partial charge in [0.2, 0.25) is 5.88 Å². The first-order valence-electron chi connectivity index (χ1n) is 14.0. The van der Waals surface area contributed by atoms with Gasteiger partial charge in [0.15, 0.2) is 5.82 Å². The van der Waals surface area contributed by atoms with E-state index in [4.69, 9.17) is 19.2 Å². The molecule has 1 fully saturated rings. The van der Waals surface area contributed by atoms with Gasteiger partial charge in [-0.3, -0.25) is 4.90 Å². The highest BCUT2D eigenvalue weighted by atomic mass is 16.5. The fourth-order valence-corrected chi connectivity index (χ4v) is 5.82. The minimum Gasteiger partial charge on any atom is -0.488 e. The standard InChI is InChI=1S/C32H34N4O5/c1-21-5-3-6-26(28-7-4-8-29(34-28)36-31(39-2)27(18-33-36)32(37)38)30(21)41-20-22-9-10-24-19-35(14-11-23(24)17-22)25-12-15-40-16-13-25/h3-10,17-18,25H,11-16,19-20H2,1-2H3,(H,37,38). The van der Waals surface area contributed by atoms with Gasteiger partial charge in [-0.15, -0.1) is 0 Å². The van der Waals surface area contributed by atoms with Crippen molar-refractivity contribution in [3.05, 3.63) is 88.6 Å². The van der Waals surface area contributed by atoms with Gasteiger partial charge in [-0.1, -0.05) is 36.4 Å². The van der Waals surface area contributed by atoms with Crippen LogP contribution in [0.5, 0.6) is 11.6 Å². The van der Waals surface area contributed by atoms with Gasteiger partial charge in [-0.2, -0.15) is 9.78 Å². The van der Waals surface area contributed by atoms with Crippen LogP contribution >= 0.6 is 0 Å². The number of carboxylic acid groups (broad SMARTS) is 1. The predicted molar refractivity (Wildman–Crippen MR) is 154 cm³/mol. The molecule has 2 aromatic carbocycles. The van der Waals surface area contributed by atoms with E-state index in [2.05, 4.69) is 28.2 Å². The van der Waals surface area contributed by atoms with Crippen molar-refractivity contribution >= 4 is 5.97 Å². The second-order valence-corrected chi connectivity index (χ2v) is 10.6. The Balaban J connectivity index is 1.21. The lowest BCUT2D eigenvalue weighted by atomic mass is 9.95. The molecular weight excluding hydrogens is 520 g/mol. The molecule has 212 valence electrons. The molecule has 0 atom stereocenters. The van der Waals surface area contributed by atoms with E-state index < -0.39 is 5.97 Å². The van der Waals surface area contributed by atoms with E-state index in [-0.39, 0.29) is 11.4 Å². The van der Waals surface area contributed by atoms with Crippen molar-refractivity contribution in [1.82, 2.24) is 19.7 Å². The van der Waals surface area contributed by atoms with Crippen LogP contribution in [0.4, 0.5) is 0 Å². The van der Waals surface area contributed by atoms with Crippen molar-refractivity contribution in [2.24, 2.45) is 0 Å². The van der Waals surface area contributed by atoms with Crippen LogP contribution in [0, 0.1) is 6.92 Å². The summed E-state index contributed by atoms with van der Waals surface area (Å²) < 4.78 is 18.7. The van der Waals surface area contributed by atoms with E-state index in [9.17, 15) is 9.90 Å². The topological polar surface area (TPSA) is 98.9 Å². The zero-order valence-corrected chi connectivity index (χ0v) is 23.4. The summed E-state index contributed by atoms with van der Waals surface area (Å²) in [5.74, 6) is 0.214. The highest BCUT2D eigenvalue weighted by Crippen LogP contribution is 2.34. The molecular formula is C32H34N4O5. The molecule has 2 aliphatic heterocycles. The fraction of sp³-hybridized carbons (Fsp3) is 0.344. The van der Waals surface area contributed by atoms with Gasteiger partial charge in [-0.25, -0.2) is 9.78 Å².